The number of morpholine rings is 1. The van der Waals surface area contributed by atoms with Crippen LogP contribution in [0.5, 0.6) is 0 Å². The van der Waals surface area contributed by atoms with Gasteiger partial charge in [-0.3, -0.25) is 10.1 Å². The number of amides is 3. The number of rotatable bonds is 4. The average molecular weight is 354 g/mol. The van der Waals surface area contributed by atoms with E-state index in [0.717, 1.165) is 25.9 Å². The Balaban J connectivity index is 1.76. The molecule has 0 bridgehead atoms. The van der Waals surface area contributed by atoms with Crippen molar-refractivity contribution in [3.63, 3.8) is 0 Å². The first kappa shape index (κ1) is 16.9. The molecule has 0 aliphatic carbocycles. The highest BCUT2D eigenvalue weighted by atomic mass is 32.1. The summed E-state index contributed by atoms with van der Waals surface area (Å²) in [5, 5.41) is 9.40. The molecule has 24 heavy (non-hydrogen) atoms. The number of urea groups is 1. The normalized spacial score (nSPS) is 21.3. The fraction of sp³-hybridized carbons (Fsp3) is 0.643. The molecule has 9 nitrogen and oxygen atoms in total. The van der Waals surface area contributed by atoms with E-state index in [1.165, 1.54) is 11.3 Å². The summed E-state index contributed by atoms with van der Waals surface area (Å²) < 4.78 is 5.33. The molecule has 5 N–H and O–H groups in total. The van der Waals surface area contributed by atoms with Crippen LogP contribution in [0.15, 0.2) is 0 Å². The summed E-state index contributed by atoms with van der Waals surface area (Å²) in [5.41, 5.74) is 5.20. The fourth-order valence-electron chi connectivity index (χ4n) is 2.78. The van der Waals surface area contributed by atoms with Gasteiger partial charge in [0.1, 0.15) is 4.88 Å². The van der Waals surface area contributed by atoms with Gasteiger partial charge in [-0.05, 0) is 19.4 Å². The number of anilines is 2. The van der Waals surface area contributed by atoms with E-state index in [0.29, 0.717) is 36.3 Å². The van der Waals surface area contributed by atoms with Crippen LogP contribution in [0.3, 0.4) is 0 Å². The van der Waals surface area contributed by atoms with Crippen molar-refractivity contribution in [2.45, 2.75) is 18.9 Å². The highest BCUT2D eigenvalue weighted by Gasteiger charge is 2.25. The lowest BCUT2D eigenvalue weighted by atomic mass is 10.1. The molecule has 3 heterocycles. The van der Waals surface area contributed by atoms with Crippen LogP contribution in [-0.2, 0) is 4.74 Å². The summed E-state index contributed by atoms with van der Waals surface area (Å²) >= 11 is 1.26. The molecule has 1 atom stereocenters. The molecule has 10 heteroatoms. The van der Waals surface area contributed by atoms with Crippen LogP contribution in [0.25, 0.3) is 0 Å². The van der Waals surface area contributed by atoms with E-state index in [1.54, 1.807) is 0 Å². The van der Waals surface area contributed by atoms with Gasteiger partial charge in [0.05, 0.1) is 13.2 Å². The number of hydrogen-bond acceptors (Lipinski definition) is 7. The van der Waals surface area contributed by atoms with Crippen molar-refractivity contribution >= 4 is 34.2 Å². The fourth-order valence-corrected chi connectivity index (χ4v) is 3.76. The van der Waals surface area contributed by atoms with Crippen molar-refractivity contribution in [3.8, 4) is 0 Å². The first-order chi connectivity index (χ1) is 11.6. The van der Waals surface area contributed by atoms with Crippen LogP contribution < -0.4 is 26.6 Å². The average Bonchev–Trinajstić information content (AvgIpc) is 3.00. The van der Waals surface area contributed by atoms with Crippen molar-refractivity contribution in [2.24, 2.45) is 5.73 Å². The number of thiazole rings is 1. The molecule has 2 aliphatic rings. The lowest BCUT2D eigenvalue weighted by molar-refractivity contribution is 0.0935. The quantitative estimate of drug-likeness (QED) is 0.602. The molecule has 0 spiro atoms. The van der Waals surface area contributed by atoms with Gasteiger partial charge in [0, 0.05) is 25.7 Å². The lowest BCUT2D eigenvalue weighted by Gasteiger charge is -2.26. The second-order valence-corrected chi connectivity index (χ2v) is 6.76. The Morgan fingerprint density at radius 1 is 1.38 bits per heavy atom. The lowest BCUT2D eigenvalue weighted by Crippen LogP contribution is -2.45. The molecule has 1 aromatic heterocycles. The maximum absolute atomic E-state index is 12.6. The summed E-state index contributed by atoms with van der Waals surface area (Å²) in [6.07, 6.45) is 1.96. The third-order valence-corrected chi connectivity index (χ3v) is 5.09. The van der Waals surface area contributed by atoms with E-state index < -0.39 is 6.03 Å². The van der Waals surface area contributed by atoms with Gasteiger partial charge in [0.15, 0.2) is 10.9 Å². The number of aromatic nitrogens is 1. The first-order valence-electron chi connectivity index (χ1n) is 8.05. The predicted molar refractivity (Wildman–Crippen MR) is 91.7 cm³/mol. The van der Waals surface area contributed by atoms with Gasteiger partial charge in [-0.2, -0.15) is 0 Å². The Labute approximate surface area is 143 Å². The number of hydrogen-bond donors (Lipinski definition) is 4. The number of carbonyl (C=O) groups is 2. The standard InChI is InChI=1S/C14H22N6O3S/c15-13(22)18-11-10(12(21)17-9-2-1-3-16-8-9)24-14(19-11)20-4-6-23-7-5-20/h9,16H,1-8H2,(H,17,21)(H3,15,18,22)/t9-/m0/s1. The van der Waals surface area contributed by atoms with Crippen molar-refractivity contribution in [1.29, 1.82) is 0 Å². The number of nitrogens with zero attached hydrogens (tertiary/aromatic N) is 2. The Bertz CT molecular complexity index is 595. The monoisotopic (exact) mass is 354 g/mol. The molecule has 0 aromatic carbocycles. The molecular formula is C14H22N6O3S. The highest BCUT2D eigenvalue weighted by molar-refractivity contribution is 7.18. The van der Waals surface area contributed by atoms with Crippen LogP contribution in [0.2, 0.25) is 0 Å². The molecule has 0 radical (unpaired) electrons. The minimum Gasteiger partial charge on any atom is -0.378 e. The molecule has 2 saturated heterocycles. The Morgan fingerprint density at radius 2 is 2.17 bits per heavy atom. The van der Waals surface area contributed by atoms with Crippen LogP contribution in [0, 0.1) is 0 Å². The van der Waals surface area contributed by atoms with Gasteiger partial charge in [-0.25, -0.2) is 9.78 Å². The smallest absolute Gasteiger partial charge is 0.317 e. The van der Waals surface area contributed by atoms with Crippen molar-refractivity contribution in [1.82, 2.24) is 15.6 Å². The van der Waals surface area contributed by atoms with E-state index in [2.05, 4.69) is 20.9 Å². The zero-order valence-electron chi connectivity index (χ0n) is 13.3. The molecule has 3 rings (SSSR count). The summed E-state index contributed by atoms with van der Waals surface area (Å²) in [5.74, 6) is -0.0141. The topological polar surface area (TPSA) is 122 Å². The minimum absolute atomic E-state index is 0.0848. The van der Waals surface area contributed by atoms with Crippen molar-refractivity contribution < 1.29 is 14.3 Å². The molecule has 2 fully saturated rings. The summed E-state index contributed by atoms with van der Waals surface area (Å²) in [4.78, 5) is 30.6. The second kappa shape index (κ2) is 7.77. The Morgan fingerprint density at radius 3 is 2.83 bits per heavy atom. The second-order valence-electron chi connectivity index (χ2n) is 5.78. The maximum Gasteiger partial charge on any atom is 0.317 e. The van der Waals surface area contributed by atoms with E-state index in [9.17, 15) is 9.59 Å². The number of ether oxygens (including phenoxy) is 1. The van der Waals surface area contributed by atoms with Crippen LogP contribution in [0.1, 0.15) is 22.5 Å². The predicted octanol–water partition coefficient (Wildman–Crippen LogP) is -0.0479. The van der Waals surface area contributed by atoms with Gasteiger partial charge in [-0.1, -0.05) is 11.3 Å². The van der Waals surface area contributed by atoms with Gasteiger partial charge in [-0.15, -0.1) is 0 Å². The third-order valence-electron chi connectivity index (χ3n) is 3.98. The van der Waals surface area contributed by atoms with Gasteiger partial charge in [0.25, 0.3) is 5.91 Å². The van der Waals surface area contributed by atoms with Crippen LogP contribution >= 0.6 is 11.3 Å². The Kier molecular flexibility index (Phi) is 5.48. The molecule has 1 aromatic rings. The number of nitrogens with one attached hydrogen (secondary N) is 3. The number of primary amides is 1. The Hall–Kier alpha value is -1.91. The first-order valence-corrected chi connectivity index (χ1v) is 8.86. The summed E-state index contributed by atoms with van der Waals surface area (Å²) in [7, 11) is 0. The zero-order chi connectivity index (χ0) is 16.9. The number of nitrogens with two attached hydrogens (primary N) is 1. The largest absolute Gasteiger partial charge is 0.378 e. The van der Waals surface area contributed by atoms with Crippen LogP contribution in [0.4, 0.5) is 15.7 Å². The molecule has 132 valence electrons. The SMILES string of the molecule is NC(=O)Nc1nc(N2CCOCC2)sc1C(=O)N[C@H]1CCCNC1. The van der Waals surface area contributed by atoms with Crippen molar-refractivity contribution in [2.75, 3.05) is 49.6 Å². The van der Waals surface area contributed by atoms with Gasteiger partial charge in [0.2, 0.25) is 0 Å². The van der Waals surface area contributed by atoms with E-state index in [-0.39, 0.29) is 17.8 Å². The minimum atomic E-state index is -0.734. The van der Waals surface area contributed by atoms with E-state index in [4.69, 9.17) is 10.5 Å². The molecule has 2 aliphatic heterocycles. The van der Waals surface area contributed by atoms with Crippen molar-refractivity contribution in [3.05, 3.63) is 4.88 Å². The zero-order valence-corrected chi connectivity index (χ0v) is 14.2. The van der Waals surface area contributed by atoms with E-state index in [1.807, 2.05) is 4.90 Å². The van der Waals surface area contributed by atoms with Crippen LogP contribution in [-0.4, -0.2) is 62.4 Å². The summed E-state index contributed by atoms with van der Waals surface area (Å²) in [6, 6.07) is -0.649. The van der Waals surface area contributed by atoms with Gasteiger partial charge < -0.3 is 26.0 Å². The maximum atomic E-state index is 12.6. The molecular weight excluding hydrogens is 332 g/mol. The number of piperidine rings is 1. The summed E-state index contributed by atoms with van der Waals surface area (Å²) in [6.45, 7) is 4.37. The number of carbonyl (C=O) groups excluding carboxylic acids is 2. The van der Waals surface area contributed by atoms with E-state index >= 15 is 0 Å². The molecule has 0 unspecified atom stereocenters. The van der Waals surface area contributed by atoms with Gasteiger partial charge >= 0.3 is 6.03 Å². The third kappa shape index (κ3) is 4.13. The molecule has 0 saturated carbocycles. The highest BCUT2D eigenvalue weighted by Crippen LogP contribution is 2.30. The molecule has 3 amide bonds.